The van der Waals surface area contributed by atoms with E-state index in [9.17, 15) is 0 Å². The van der Waals surface area contributed by atoms with E-state index in [1.165, 1.54) is 18.4 Å². The lowest BCUT2D eigenvalue weighted by Gasteiger charge is -2.15. The van der Waals surface area contributed by atoms with Gasteiger partial charge in [-0.1, -0.05) is 25.1 Å². The van der Waals surface area contributed by atoms with Crippen LogP contribution in [-0.4, -0.2) is 50.7 Å². The zero-order chi connectivity index (χ0) is 15.8. The lowest BCUT2D eigenvalue weighted by atomic mass is 10.1. The van der Waals surface area contributed by atoms with Gasteiger partial charge in [0.15, 0.2) is 0 Å². The number of hydrogen-bond donors (Lipinski definition) is 0. The van der Waals surface area contributed by atoms with E-state index in [0.29, 0.717) is 12.5 Å². The molecule has 0 spiro atoms. The first-order chi connectivity index (χ1) is 10.7. The zero-order valence-electron chi connectivity index (χ0n) is 13.8. The van der Waals surface area contributed by atoms with Crippen molar-refractivity contribution in [1.29, 1.82) is 0 Å². The van der Waals surface area contributed by atoms with Gasteiger partial charge in [-0.05, 0) is 44.0 Å². The fourth-order valence-electron chi connectivity index (χ4n) is 2.74. The number of rotatable bonds is 9. The number of hydrogen-bond acceptors (Lipinski definition) is 4. The van der Waals surface area contributed by atoms with E-state index in [0.717, 1.165) is 32.1 Å². The predicted molar refractivity (Wildman–Crippen MR) is 90.8 cm³/mol. The maximum atomic E-state index is 5.87. The van der Waals surface area contributed by atoms with Crippen molar-refractivity contribution in [1.82, 2.24) is 4.90 Å². The highest BCUT2D eigenvalue weighted by molar-refractivity contribution is 5.31. The predicted octanol–water partition coefficient (Wildman–Crippen LogP) is 3.15. The van der Waals surface area contributed by atoms with Crippen LogP contribution in [0.1, 0.15) is 25.3 Å². The summed E-state index contributed by atoms with van der Waals surface area (Å²) < 4.78 is 11.7. The minimum absolute atomic E-state index is 0.173. The zero-order valence-corrected chi connectivity index (χ0v) is 13.8. The van der Waals surface area contributed by atoms with Crippen molar-refractivity contribution < 1.29 is 9.47 Å². The average molecular weight is 304 g/mol. The SMILES string of the molecule is C=NCC(C)CCCN1COC(COc2ccccc2C)C1. The molecule has 22 heavy (non-hydrogen) atoms. The summed E-state index contributed by atoms with van der Waals surface area (Å²) in [6.07, 6.45) is 2.55. The van der Waals surface area contributed by atoms with Gasteiger partial charge in [0.05, 0.1) is 6.73 Å². The molecule has 1 aliphatic heterocycles. The highest BCUT2D eigenvalue weighted by Crippen LogP contribution is 2.18. The second kappa shape index (κ2) is 8.91. The van der Waals surface area contributed by atoms with Crippen LogP contribution in [0.5, 0.6) is 5.75 Å². The van der Waals surface area contributed by atoms with Crippen LogP contribution in [0.4, 0.5) is 0 Å². The van der Waals surface area contributed by atoms with Gasteiger partial charge in [0.1, 0.15) is 18.5 Å². The quantitative estimate of drug-likeness (QED) is 0.657. The molecule has 0 aliphatic carbocycles. The molecule has 0 aromatic heterocycles. The van der Waals surface area contributed by atoms with Crippen LogP contribution in [0.3, 0.4) is 0 Å². The fourth-order valence-corrected chi connectivity index (χ4v) is 2.74. The van der Waals surface area contributed by atoms with Crippen molar-refractivity contribution in [2.75, 3.05) is 33.0 Å². The molecule has 2 unspecified atom stereocenters. The molecule has 1 aromatic rings. The molecule has 1 fully saturated rings. The summed E-state index contributed by atoms with van der Waals surface area (Å²) in [4.78, 5) is 6.31. The molecule has 1 aliphatic rings. The molecule has 0 amide bonds. The third-order valence-electron chi connectivity index (χ3n) is 4.09. The molecule has 4 nitrogen and oxygen atoms in total. The summed E-state index contributed by atoms with van der Waals surface area (Å²) in [5.41, 5.74) is 1.17. The maximum Gasteiger partial charge on any atom is 0.122 e. The highest BCUT2D eigenvalue weighted by atomic mass is 16.5. The van der Waals surface area contributed by atoms with Crippen molar-refractivity contribution in [2.24, 2.45) is 10.9 Å². The molecule has 1 heterocycles. The van der Waals surface area contributed by atoms with Gasteiger partial charge >= 0.3 is 0 Å². The van der Waals surface area contributed by atoms with E-state index in [-0.39, 0.29) is 6.10 Å². The van der Waals surface area contributed by atoms with Crippen LogP contribution in [0, 0.1) is 12.8 Å². The monoisotopic (exact) mass is 304 g/mol. The van der Waals surface area contributed by atoms with Crippen molar-refractivity contribution in [2.45, 2.75) is 32.8 Å². The number of ether oxygens (including phenoxy) is 2. The molecule has 4 heteroatoms. The summed E-state index contributed by atoms with van der Waals surface area (Å²) >= 11 is 0. The Morgan fingerprint density at radius 1 is 1.45 bits per heavy atom. The van der Waals surface area contributed by atoms with Gasteiger partial charge in [0, 0.05) is 19.6 Å². The molecule has 0 bridgehead atoms. The third kappa shape index (κ3) is 5.43. The molecular weight excluding hydrogens is 276 g/mol. The van der Waals surface area contributed by atoms with Crippen molar-refractivity contribution in [3.8, 4) is 5.75 Å². The van der Waals surface area contributed by atoms with Crippen LogP contribution < -0.4 is 4.74 Å². The lowest BCUT2D eigenvalue weighted by Crippen LogP contribution is -2.26. The molecule has 0 N–H and O–H groups in total. The van der Waals surface area contributed by atoms with Gasteiger partial charge in [-0.25, -0.2) is 0 Å². The van der Waals surface area contributed by atoms with E-state index < -0.39 is 0 Å². The Hall–Kier alpha value is -1.39. The highest BCUT2D eigenvalue weighted by Gasteiger charge is 2.23. The first kappa shape index (κ1) is 17.0. The molecule has 122 valence electrons. The molecule has 1 saturated heterocycles. The summed E-state index contributed by atoms with van der Waals surface area (Å²) in [6, 6.07) is 8.11. The van der Waals surface area contributed by atoms with Gasteiger partial charge in [0.25, 0.3) is 0 Å². The van der Waals surface area contributed by atoms with Crippen LogP contribution in [-0.2, 0) is 4.74 Å². The smallest absolute Gasteiger partial charge is 0.122 e. The van der Waals surface area contributed by atoms with E-state index >= 15 is 0 Å². The lowest BCUT2D eigenvalue weighted by molar-refractivity contribution is 0.0586. The van der Waals surface area contributed by atoms with Crippen LogP contribution in [0.2, 0.25) is 0 Å². The molecule has 0 radical (unpaired) electrons. The largest absolute Gasteiger partial charge is 0.491 e. The fraction of sp³-hybridized carbons (Fsp3) is 0.611. The normalized spacial score (nSPS) is 20.0. The number of benzene rings is 1. The Morgan fingerprint density at radius 2 is 2.27 bits per heavy atom. The Labute approximate surface area is 134 Å². The minimum Gasteiger partial charge on any atom is -0.491 e. The summed E-state index contributed by atoms with van der Waals surface area (Å²) in [5.74, 6) is 1.58. The second-order valence-electron chi connectivity index (χ2n) is 6.22. The molecule has 0 saturated carbocycles. The van der Waals surface area contributed by atoms with Crippen LogP contribution >= 0.6 is 0 Å². The van der Waals surface area contributed by atoms with E-state index in [1.807, 2.05) is 18.2 Å². The Kier molecular flexibility index (Phi) is 6.87. The van der Waals surface area contributed by atoms with E-state index in [2.05, 4.69) is 36.5 Å². The first-order valence-corrected chi connectivity index (χ1v) is 8.14. The van der Waals surface area contributed by atoms with Crippen molar-refractivity contribution in [3.05, 3.63) is 29.8 Å². The summed E-state index contributed by atoms with van der Waals surface area (Å²) in [5, 5.41) is 0. The number of aryl methyl sites for hydroxylation is 1. The minimum atomic E-state index is 0.173. The summed E-state index contributed by atoms with van der Waals surface area (Å²) in [7, 11) is 0. The standard InChI is InChI=1S/C18H28N2O2/c1-15(11-19-3)7-6-10-20-12-17(22-14-20)13-21-18-9-5-4-8-16(18)2/h4-5,8-9,15,17H,3,6-7,10-14H2,1-2H3. The van der Waals surface area contributed by atoms with Gasteiger partial charge < -0.3 is 14.5 Å². The molecule has 1 aromatic carbocycles. The molecule has 2 rings (SSSR count). The van der Waals surface area contributed by atoms with E-state index in [1.54, 1.807) is 0 Å². The average Bonchev–Trinajstić information content (AvgIpc) is 2.95. The molecule has 2 atom stereocenters. The van der Waals surface area contributed by atoms with Gasteiger partial charge in [-0.2, -0.15) is 0 Å². The third-order valence-corrected chi connectivity index (χ3v) is 4.09. The number of aliphatic imine (C=N–C) groups is 1. The van der Waals surface area contributed by atoms with Gasteiger partial charge in [-0.15, -0.1) is 0 Å². The van der Waals surface area contributed by atoms with Gasteiger partial charge in [0.2, 0.25) is 0 Å². The number of nitrogens with zero attached hydrogens (tertiary/aromatic N) is 2. The Bertz CT molecular complexity index is 464. The second-order valence-corrected chi connectivity index (χ2v) is 6.22. The summed E-state index contributed by atoms with van der Waals surface area (Å²) in [6.45, 7) is 12.1. The Balaban J connectivity index is 1.63. The topological polar surface area (TPSA) is 34.1 Å². The molecular formula is C18H28N2O2. The van der Waals surface area contributed by atoms with Gasteiger partial charge in [-0.3, -0.25) is 4.90 Å². The van der Waals surface area contributed by atoms with Crippen molar-refractivity contribution >= 4 is 6.72 Å². The van der Waals surface area contributed by atoms with Crippen LogP contribution in [0.15, 0.2) is 29.3 Å². The first-order valence-electron chi connectivity index (χ1n) is 8.14. The van der Waals surface area contributed by atoms with E-state index in [4.69, 9.17) is 9.47 Å². The number of para-hydroxylation sites is 1. The van der Waals surface area contributed by atoms with Crippen molar-refractivity contribution in [3.63, 3.8) is 0 Å². The van der Waals surface area contributed by atoms with Crippen LogP contribution in [0.25, 0.3) is 0 Å². The maximum absolute atomic E-state index is 5.87. The Morgan fingerprint density at radius 3 is 3.05 bits per heavy atom.